The van der Waals surface area contributed by atoms with E-state index in [4.69, 9.17) is 9.47 Å². The van der Waals surface area contributed by atoms with Crippen LogP contribution < -0.4 is 0 Å². The van der Waals surface area contributed by atoms with Crippen LogP contribution in [0.2, 0.25) is 0 Å². The van der Waals surface area contributed by atoms with Gasteiger partial charge < -0.3 is 14.6 Å². The van der Waals surface area contributed by atoms with E-state index in [-0.39, 0.29) is 18.2 Å². The lowest BCUT2D eigenvalue weighted by Crippen LogP contribution is -2.27. The summed E-state index contributed by atoms with van der Waals surface area (Å²) in [7, 11) is 1.71. The monoisotopic (exact) mass is 442 g/mol. The fourth-order valence-corrected chi connectivity index (χ4v) is 4.07. The van der Waals surface area contributed by atoms with Crippen LogP contribution in [0.15, 0.2) is 0 Å². The number of esters is 1. The molecule has 0 saturated heterocycles. The molecule has 4 heteroatoms. The maximum Gasteiger partial charge on any atom is 0.305 e. The van der Waals surface area contributed by atoms with Crippen molar-refractivity contribution < 1.29 is 19.4 Å². The van der Waals surface area contributed by atoms with Crippen LogP contribution in [0.3, 0.4) is 0 Å². The highest BCUT2D eigenvalue weighted by molar-refractivity contribution is 5.69. The van der Waals surface area contributed by atoms with E-state index in [2.05, 4.69) is 13.8 Å². The predicted octanol–water partition coefficient (Wildman–Crippen LogP) is 7.75. The summed E-state index contributed by atoms with van der Waals surface area (Å²) < 4.78 is 10.9. The first-order chi connectivity index (χ1) is 15.2. The fraction of sp³-hybridized carbons (Fsp3) is 0.963. The molecule has 0 radical (unpaired) electrons. The van der Waals surface area contributed by atoms with Crippen molar-refractivity contribution in [2.24, 2.45) is 0 Å². The lowest BCUT2D eigenvalue weighted by atomic mass is 9.99. The summed E-state index contributed by atoms with van der Waals surface area (Å²) in [6, 6.07) is 0. The summed E-state index contributed by atoms with van der Waals surface area (Å²) in [5.41, 5.74) is 0. The highest BCUT2D eigenvalue weighted by Gasteiger charge is 2.17. The van der Waals surface area contributed by atoms with Crippen LogP contribution in [0.5, 0.6) is 0 Å². The zero-order valence-corrected chi connectivity index (χ0v) is 21.2. The van der Waals surface area contributed by atoms with Crippen LogP contribution in [0.25, 0.3) is 0 Å². The Hall–Kier alpha value is -0.610. The molecular formula is C27H54O4. The topological polar surface area (TPSA) is 55.8 Å². The molecule has 0 rings (SSSR count). The Kier molecular flexibility index (Phi) is 23.6. The van der Waals surface area contributed by atoms with Crippen molar-refractivity contribution in [1.82, 2.24) is 0 Å². The van der Waals surface area contributed by atoms with Gasteiger partial charge in [0.15, 0.2) is 0 Å². The minimum atomic E-state index is -0.336. The third kappa shape index (κ3) is 21.0. The number of methoxy groups -OCH3 is 1. The highest BCUT2D eigenvalue weighted by Crippen LogP contribution is 2.17. The number of hydrogen-bond acceptors (Lipinski definition) is 4. The molecule has 0 aromatic rings. The average molecular weight is 443 g/mol. The zero-order valence-electron chi connectivity index (χ0n) is 21.2. The molecule has 2 atom stereocenters. The van der Waals surface area contributed by atoms with E-state index in [0.717, 1.165) is 57.8 Å². The summed E-state index contributed by atoms with van der Waals surface area (Å²) >= 11 is 0. The maximum absolute atomic E-state index is 11.8. The Labute approximate surface area is 193 Å². The van der Waals surface area contributed by atoms with Gasteiger partial charge >= 0.3 is 5.97 Å². The smallest absolute Gasteiger partial charge is 0.305 e. The van der Waals surface area contributed by atoms with Crippen molar-refractivity contribution in [2.45, 2.75) is 154 Å². The van der Waals surface area contributed by atoms with Gasteiger partial charge in [-0.1, -0.05) is 110 Å². The maximum atomic E-state index is 11.8. The highest BCUT2D eigenvalue weighted by atomic mass is 16.5. The number of hydrogen-bond donors (Lipinski definition) is 1. The largest absolute Gasteiger partial charge is 0.466 e. The first-order valence-electron chi connectivity index (χ1n) is 13.5. The van der Waals surface area contributed by atoms with E-state index in [1.807, 2.05) is 0 Å². The lowest BCUT2D eigenvalue weighted by molar-refractivity contribution is -0.143. The molecule has 31 heavy (non-hydrogen) atoms. The van der Waals surface area contributed by atoms with Crippen molar-refractivity contribution >= 4 is 5.97 Å². The molecular weight excluding hydrogens is 388 g/mol. The number of carbonyl (C=O) groups excluding carboxylic acids is 1. The minimum absolute atomic E-state index is 0.0346. The van der Waals surface area contributed by atoms with E-state index < -0.39 is 0 Å². The Balaban J connectivity index is 3.52. The van der Waals surface area contributed by atoms with Gasteiger partial charge in [0.1, 0.15) is 0 Å². The Morgan fingerprint density at radius 1 is 0.677 bits per heavy atom. The molecule has 0 fully saturated rings. The standard InChI is InChI=1S/C27H54O4/c1-4-6-8-10-13-17-21-25(28)26(30-3)22-18-14-12-15-19-23-27(29)31-24-20-16-11-9-7-5-2/h25-26,28H,4-24H2,1-3H3. The molecule has 0 amide bonds. The van der Waals surface area contributed by atoms with Crippen LogP contribution in [0, 0.1) is 0 Å². The van der Waals surface area contributed by atoms with Gasteiger partial charge in [-0.3, -0.25) is 4.79 Å². The van der Waals surface area contributed by atoms with Crippen molar-refractivity contribution in [3.8, 4) is 0 Å². The number of aliphatic hydroxyl groups excluding tert-OH is 1. The van der Waals surface area contributed by atoms with Crippen LogP contribution >= 0.6 is 0 Å². The molecule has 0 aliphatic heterocycles. The molecule has 0 aromatic carbocycles. The molecule has 0 aromatic heterocycles. The molecule has 0 spiro atoms. The average Bonchev–Trinajstić information content (AvgIpc) is 2.77. The van der Waals surface area contributed by atoms with Crippen molar-refractivity contribution in [1.29, 1.82) is 0 Å². The lowest BCUT2D eigenvalue weighted by Gasteiger charge is -2.21. The van der Waals surface area contributed by atoms with Crippen LogP contribution in [-0.4, -0.2) is 37.0 Å². The molecule has 2 unspecified atom stereocenters. The summed E-state index contributed by atoms with van der Waals surface area (Å²) in [5, 5.41) is 10.4. The second-order valence-corrected chi connectivity index (χ2v) is 9.19. The molecule has 4 nitrogen and oxygen atoms in total. The van der Waals surface area contributed by atoms with Gasteiger partial charge in [-0.2, -0.15) is 0 Å². The number of aliphatic hydroxyl groups is 1. The first kappa shape index (κ1) is 30.4. The predicted molar refractivity (Wildman–Crippen MR) is 131 cm³/mol. The van der Waals surface area contributed by atoms with Gasteiger partial charge in [0, 0.05) is 13.5 Å². The number of rotatable bonds is 24. The summed E-state index contributed by atoms with van der Waals surface area (Å²) in [4.78, 5) is 11.8. The third-order valence-electron chi connectivity index (χ3n) is 6.22. The second kappa shape index (κ2) is 24.0. The van der Waals surface area contributed by atoms with Gasteiger partial charge in [-0.05, 0) is 25.7 Å². The van der Waals surface area contributed by atoms with Crippen molar-refractivity contribution in [3.63, 3.8) is 0 Å². The molecule has 0 heterocycles. The van der Waals surface area contributed by atoms with Crippen molar-refractivity contribution in [3.05, 3.63) is 0 Å². The molecule has 0 aliphatic carbocycles. The number of ether oxygens (including phenoxy) is 2. The van der Waals surface area contributed by atoms with Crippen LogP contribution in [0.1, 0.15) is 142 Å². The molecule has 1 N–H and O–H groups in total. The molecule has 0 bridgehead atoms. The Morgan fingerprint density at radius 2 is 1.16 bits per heavy atom. The Bertz CT molecular complexity index is 372. The summed E-state index contributed by atoms with van der Waals surface area (Å²) in [6.45, 7) is 5.05. The Morgan fingerprint density at radius 3 is 1.74 bits per heavy atom. The number of unbranched alkanes of at least 4 members (excludes halogenated alkanes) is 14. The number of carbonyl (C=O) groups is 1. The summed E-state index contributed by atoms with van der Waals surface area (Å²) in [5.74, 6) is -0.0363. The quantitative estimate of drug-likeness (QED) is 0.123. The van der Waals surface area contributed by atoms with Gasteiger partial charge in [0.05, 0.1) is 18.8 Å². The zero-order chi connectivity index (χ0) is 23.0. The van der Waals surface area contributed by atoms with E-state index in [1.54, 1.807) is 7.11 Å². The summed E-state index contributed by atoms with van der Waals surface area (Å²) in [6.07, 6.45) is 22.1. The minimum Gasteiger partial charge on any atom is -0.466 e. The van der Waals surface area contributed by atoms with Crippen LogP contribution in [0.4, 0.5) is 0 Å². The van der Waals surface area contributed by atoms with Crippen LogP contribution in [-0.2, 0) is 14.3 Å². The molecule has 186 valence electrons. The van der Waals surface area contributed by atoms with Gasteiger partial charge in [0.25, 0.3) is 0 Å². The first-order valence-corrected chi connectivity index (χ1v) is 13.5. The van der Waals surface area contributed by atoms with E-state index in [0.29, 0.717) is 13.0 Å². The SMILES string of the molecule is CCCCCCCCOC(=O)CCCCCCCC(OC)C(O)CCCCCCCC. The van der Waals surface area contributed by atoms with E-state index in [9.17, 15) is 9.90 Å². The normalized spacial score (nSPS) is 13.3. The van der Waals surface area contributed by atoms with Gasteiger partial charge in [-0.25, -0.2) is 0 Å². The third-order valence-corrected chi connectivity index (χ3v) is 6.22. The van der Waals surface area contributed by atoms with Gasteiger partial charge in [0.2, 0.25) is 0 Å². The van der Waals surface area contributed by atoms with E-state index >= 15 is 0 Å². The second-order valence-electron chi connectivity index (χ2n) is 9.19. The molecule has 0 aliphatic rings. The van der Waals surface area contributed by atoms with Crippen molar-refractivity contribution in [2.75, 3.05) is 13.7 Å². The fourth-order valence-electron chi connectivity index (χ4n) is 4.07. The van der Waals surface area contributed by atoms with Gasteiger partial charge in [-0.15, -0.1) is 0 Å². The van der Waals surface area contributed by atoms with E-state index in [1.165, 1.54) is 64.2 Å². The molecule has 0 saturated carbocycles.